The van der Waals surface area contributed by atoms with Gasteiger partial charge in [0.15, 0.2) is 0 Å². The summed E-state index contributed by atoms with van der Waals surface area (Å²) in [5.41, 5.74) is 2.64. The molecule has 2 nitrogen and oxygen atoms in total. The lowest BCUT2D eigenvalue weighted by Crippen LogP contribution is -2.23. The molecule has 0 radical (unpaired) electrons. The zero-order chi connectivity index (χ0) is 13.8. The standard InChI is InChI=1S/C16H20FNO/c1-4-8-18-15(16-12(3)7-9-19-16)13-6-5-11(2)14(17)10-13/h5-7,9-10,15,18H,4,8H2,1-3H3. The van der Waals surface area contributed by atoms with Crippen LogP contribution in [0.25, 0.3) is 0 Å². The number of hydrogen-bond donors (Lipinski definition) is 1. The van der Waals surface area contributed by atoms with Gasteiger partial charge < -0.3 is 9.73 Å². The molecule has 0 fully saturated rings. The molecule has 0 amide bonds. The lowest BCUT2D eigenvalue weighted by Gasteiger charge is -2.18. The summed E-state index contributed by atoms with van der Waals surface area (Å²) in [5, 5.41) is 3.42. The molecule has 0 aliphatic heterocycles. The molecule has 102 valence electrons. The Morgan fingerprint density at radius 3 is 2.58 bits per heavy atom. The van der Waals surface area contributed by atoms with E-state index in [1.165, 1.54) is 0 Å². The van der Waals surface area contributed by atoms with Crippen LogP contribution in [0.3, 0.4) is 0 Å². The second-order valence-electron chi connectivity index (χ2n) is 4.86. The Morgan fingerprint density at radius 1 is 1.21 bits per heavy atom. The first-order valence-corrected chi connectivity index (χ1v) is 6.67. The van der Waals surface area contributed by atoms with Crippen molar-refractivity contribution in [1.82, 2.24) is 5.32 Å². The van der Waals surface area contributed by atoms with E-state index in [9.17, 15) is 4.39 Å². The highest BCUT2D eigenvalue weighted by molar-refractivity contribution is 5.33. The largest absolute Gasteiger partial charge is 0.467 e. The molecule has 1 aromatic carbocycles. The number of furan rings is 1. The van der Waals surface area contributed by atoms with E-state index in [2.05, 4.69) is 12.2 Å². The molecule has 0 bridgehead atoms. The van der Waals surface area contributed by atoms with Crippen LogP contribution in [0.1, 0.15) is 41.8 Å². The maximum Gasteiger partial charge on any atom is 0.128 e. The third-order valence-electron chi connectivity index (χ3n) is 3.29. The second kappa shape index (κ2) is 6.02. The van der Waals surface area contributed by atoms with Crippen molar-refractivity contribution < 1.29 is 8.81 Å². The monoisotopic (exact) mass is 261 g/mol. The Bertz CT molecular complexity index is 547. The Labute approximate surface area is 113 Å². The van der Waals surface area contributed by atoms with Gasteiger partial charge in [-0.05, 0) is 55.6 Å². The molecular weight excluding hydrogens is 241 g/mol. The molecule has 1 heterocycles. The number of benzene rings is 1. The van der Waals surface area contributed by atoms with Gasteiger partial charge in [-0.1, -0.05) is 19.1 Å². The molecule has 2 rings (SSSR count). The number of hydrogen-bond acceptors (Lipinski definition) is 2. The minimum atomic E-state index is -0.176. The van der Waals surface area contributed by atoms with Crippen LogP contribution >= 0.6 is 0 Å². The molecule has 1 unspecified atom stereocenters. The van der Waals surface area contributed by atoms with Gasteiger partial charge in [-0.3, -0.25) is 0 Å². The fourth-order valence-corrected chi connectivity index (χ4v) is 2.12. The summed E-state index contributed by atoms with van der Waals surface area (Å²) >= 11 is 0. The van der Waals surface area contributed by atoms with Crippen LogP contribution in [-0.4, -0.2) is 6.54 Å². The highest BCUT2D eigenvalue weighted by Crippen LogP contribution is 2.26. The Hall–Kier alpha value is -1.61. The van der Waals surface area contributed by atoms with Crippen molar-refractivity contribution in [3.05, 3.63) is 58.8 Å². The van der Waals surface area contributed by atoms with E-state index < -0.39 is 0 Å². The average molecular weight is 261 g/mol. The lowest BCUT2D eigenvalue weighted by atomic mass is 10.0. The molecule has 19 heavy (non-hydrogen) atoms. The van der Waals surface area contributed by atoms with Crippen molar-refractivity contribution in [2.24, 2.45) is 0 Å². The number of halogens is 1. The summed E-state index contributed by atoms with van der Waals surface area (Å²) in [5.74, 6) is 0.682. The van der Waals surface area contributed by atoms with E-state index in [1.54, 1.807) is 19.3 Å². The van der Waals surface area contributed by atoms with Crippen molar-refractivity contribution in [1.29, 1.82) is 0 Å². The Kier molecular flexibility index (Phi) is 4.38. The molecular formula is C16H20FNO. The third kappa shape index (κ3) is 3.04. The van der Waals surface area contributed by atoms with Crippen LogP contribution in [0, 0.1) is 19.7 Å². The molecule has 0 aliphatic rings. The summed E-state index contributed by atoms with van der Waals surface area (Å²) in [4.78, 5) is 0. The van der Waals surface area contributed by atoms with Crippen molar-refractivity contribution >= 4 is 0 Å². The molecule has 0 saturated carbocycles. The zero-order valence-corrected chi connectivity index (χ0v) is 11.7. The summed E-state index contributed by atoms with van der Waals surface area (Å²) in [6, 6.07) is 7.19. The van der Waals surface area contributed by atoms with E-state index in [0.29, 0.717) is 5.56 Å². The summed E-state index contributed by atoms with van der Waals surface area (Å²) in [6.45, 7) is 6.74. The van der Waals surface area contributed by atoms with Crippen molar-refractivity contribution in [3.63, 3.8) is 0 Å². The second-order valence-corrected chi connectivity index (χ2v) is 4.86. The van der Waals surface area contributed by atoms with Gasteiger partial charge >= 0.3 is 0 Å². The van der Waals surface area contributed by atoms with Crippen LogP contribution < -0.4 is 5.32 Å². The summed E-state index contributed by atoms with van der Waals surface area (Å²) < 4.78 is 19.3. The van der Waals surface area contributed by atoms with E-state index in [4.69, 9.17) is 4.42 Å². The normalized spacial score (nSPS) is 12.6. The molecule has 0 aliphatic carbocycles. The molecule has 3 heteroatoms. The molecule has 1 atom stereocenters. The first-order chi connectivity index (χ1) is 9.13. The van der Waals surface area contributed by atoms with Gasteiger partial charge in [0.1, 0.15) is 11.6 Å². The minimum Gasteiger partial charge on any atom is -0.467 e. The smallest absolute Gasteiger partial charge is 0.128 e. The van der Waals surface area contributed by atoms with Crippen LogP contribution in [0.4, 0.5) is 4.39 Å². The number of nitrogens with one attached hydrogen (secondary N) is 1. The highest BCUT2D eigenvalue weighted by atomic mass is 19.1. The van der Waals surface area contributed by atoms with Gasteiger partial charge in [0, 0.05) is 0 Å². The summed E-state index contributed by atoms with van der Waals surface area (Å²) in [7, 11) is 0. The highest BCUT2D eigenvalue weighted by Gasteiger charge is 2.19. The molecule has 0 saturated heterocycles. The fraction of sp³-hybridized carbons (Fsp3) is 0.375. The topological polar surface area (TPSA) is 25.2 Å². The predicted molar refractivity (Wildman–Crippen MR) is 74.7 cm³/mol. The maximum absolute atomic E-state index is 13.7. The Balaban J connectivity index is 2.37. The fourth-order valence-electron chi connectivity index (χ4n) is 2.12. The zero-order valence-electron chi connectivity index (χ0n) is 11.7. The van der Waals surface area contributed by atoms with Gasteiger partial charge in [0.25, 0.3) is 0 Å². The third-order valence-corrected chi connectivity index (χ3v) is 3.29. The van der Waals surface area contributed by atoms with Crippen LogP contribution in [0.5, 0.6) is 0 Å². The number of aryl methyl sites for hydroxylation is 2. The first kappa shape index (κ1) is 13.8. The molecule has 0 spiro atoms. The predicted octanol–water partition coefficient (Wildman–Crippen LogP) is 4.12. The van der Waals surface area contributed by atoms with E-state index in [-0.39, 0.29) is 11.9 Å². The van der Waals surface area contributed by atoms with Gasteiger partial charge in [-0.25, -0.2) is 4.39 Å². The molecule has 1 aromatic heterocycles. The Morgan fingerprint density at radius 2 is 2.00 bits per heavy atom. The SMILES string of the molecule is CCCNC(c1ccc(C)c(F)c1)c1occc1C. The van der Waals surface area contributed by atoms with E-state index in [0.717, 1.165) is 29.9 Å². The number of rotatable bonds is 5. The van der Waals surface area contributed by atoms with Crippen molar-refractivity contribution in [2.45, 2.75) is 33.2 Å². The van der Waals surface area contributed by atoms with Crippen LogP contribution in [-0.2, 0) is 0 Å². The molecule has 1 N–H and O–H groups in total. The van der Waals surface area contributed by atoms with Crippen molar-refractivity contribution in [2.75, 3.05) is 6.54 Å². The summed E-state index contributed by atoms with van der Waals surface area (Å²) in [6.07, 6.45) is 2.69. The minimum absolute atomic E-state index is 0.0925. The van der Waals surface area contributed by atoms with Gasteiger partial charge in [-0.15, -0.1) is 0 Å². The first-order valence-electron chi connectivity index (χ1n) is 6.67. The van der Waals surface area contributed by atoms with Gasteiger partial charge in [0.2, 0.25) is 0 Å². The maximum atomic E-state index is 13.7. The lowest BCUT2D eigenvalue weighted by molar-refractivity contribution is 0.442. The van der Waals surface area contributed by atoms with E-state index >= 15 is 0 Å². The average Bonchev–Trinajstić information content (AvgIpc) is 2.80. The molecule has 2 aromatic rings. The van der Waals surface area contributed by atoms with Gasteiger partial charge in [-0.2, -0.15) is 0 Å². The van der Waals surface area contributed by atoms with Gasteiger partial charge in [0.05, 0.1) is 12.3 Å². The van der Waals surface area contributed by atoms with Crippen molar-refractivity contribution in [3.8, 4) is 0 Å². The van der Waals surface area contributed by atoms with Crippen LogP contribution in [0.15, 0.2) is 34.9 Å². The quantitative estimate of drug-likeness (QED) is 0.875. The van der Waals surface area contributed by atoms with Crippen LogP contribution in [0.2, 0.25) is 0 Å². The van der Waals surface area contributed by atoms with E-state index in [1.807, 2.05) is 25.1 Å².